The third-order valence-electron chi connectivity index (χ3n) is 2.63. The molecule has 0 saturated carbocycles. The molecular weight excluding hydrogens is 218 g/mol. The van der Waals surface area contributed by atoms with Gasteiger partial charge in [-0.3, -0.25) is 4.90 Å². The Kier molecular flexibility index (Phi) is 5.34. The third-order valence-corrected chi connectivity index (χ3v) is 2.63. The molecule has 0 amide bonds. The van der Waals surface area contributed by atoms with Crippen molar-refractivity contribution in [3.63, 3.8) is 0 Å². The van der Waals surface area contributed by atoms with Crippen molar-refractivity contribution in [1.82, 2.24) is 10.2 Å². The molecule has 0 bridgehead atoms. The number of β-amino-alcohol motifs (C(OH)–C–C–N with tert-alkyl or cyclic N) is 1. The predicted molar refractivity (Wildman–Crippen MR) is 65.6 cm³/mol. The quantitative estimate of drug-likeness (QED) is 0.723. The van der Waals surface area contributed by atoms with E-state index in [4.69, 9.17) is 10.00 Å². The van der Waals surface area contributed by atoms with E-state index in [2.05, 4.69) is 37.1 Å². The molecule has 1 heterocycles. The molecule has 0 radical (unpaired) electrons. The second kappa shape index (κ2) is 6.31. The van der Waals surface area contributed by atoms with E-state index in [1.807, 2.05) is 0 Å². The molecule has 5 nitrogen and oxygen atoms in total. The Labute approximate surface area is 103 Å². The Morgan fingerprint density at radius 3 is 2.88 bits per heavy atom. The summed E-state index contributed by atoms with van der Waals surface area (Å²) >= 11 is 0. The predicted octanol–water partition coefficient (Wildman–Crippen LogP) is -0.0402. The van der Waals surface area contributed by atoms with Crippen LogP contribution in [0.1, 0.15) is 20.8 Å². The molecule has 2 N–H and O–H groups in total. The SMILES string of the molecule is CC(C)(C)NCC(O)CN1CCOC(C#N)C1. The molecule has 0 aromatic rings. The van der Waals surface area contributed by atoms with E-state index in [-0.39, 0.29) is 11.6 Å². The summed E-state index contributed by atoms with van der Waals surface area (Å²) in [5, 5.41) is 21.9. The zero-order chi connectivity index (χ0) is 12.9. The summed E-state index contributed by atoms with van der Waals surface area (Å²) < 4.78 is 5.25. The molecule has 98 valence electrons. The Morgan fingerprint density at radius 1 is 1.59 bits per heavy atom. The number of nitriles is 1. The molecule has 17 heavy (non-hydrogen) atoms. The monoisotopic (exact) mass is 241 g/mol. The first-order valence-corrected chi connectivity index (χ1v) is 6.07. The maximum atomic E-state index is 9.90. The van der Waals surface area contributed by atoms with Crippen molar-refractivity contribution in [3.05, 3.63) is 0 Å². The maximum absolute atomic E-state index is 9.90. The molecule has 1 aliphatic heterocycles. The van der Waals surface area contributed by atoms with Gasteiger partial charge in [0.2, 0.25) is 0 Å². The molecule has 1 aliphatic rings. The van der Waals surface area contributed by atoms with Crippen molar-refractivity contribution >= 4 is 0 Å². The number of hydrogen-bond donors (Lipinski definition) is 2. The highest BCUT2D eigenvalue weighted by molar-refractivity contribution is 4.89. The normalized spacial score (nSPS) is 24.3. The minimum atomic E-state index is -0.410. The lowest BCUT2D eigenvalue weighted by Gasteiger charge is -2.32. The Bertz CT molecular complexity index is 270. The number of nitrogens with one attached hydrogen (secondary N) is 1. The molecule has 1 rings (SSSR count). The van der Waals surface area contributed by atoms with Crippen molar-refractivity contribution in [2.45, 2.75) is 38.5 Å². The Balaban J connectivity index is 2.26. The molecule has 5 heteroatoms. The van der Waals surface area contributed by atoms with Crippen LogP contribution in [0.25, 0.3) is 0 Å². The fourth-order valence-electron chi connectivity index (χ4n) is 1.73. The van der Waals surface area contributed by atoms with Gasteiger partial charge in [0.1, 0.15) is 0 Å². The Hall–Kier alpha value is -0.670. The zero-order valence-corrected chi connectivity index (χ0v) is 10.9. The average molecular weight is 241 g/mol. The highest BCUT2D eigenvalue weighted by Crippen LogP contribution is 2.05. The van der Waals surface area contributed by atoms with Crippen molar-refractivity contribution in [2.75, 3.05) is 32.8 Å². The second-order valence-corrected chi connectivity index (χ2v) is 5.53. The van der Waals surface area contributed by atoms with Gasteiger partial charge in [-0.25, -0.2) is 0 Å². The summed E-state index contributed by atoms with van der Waals surface area (Å²) in [6, 6.07) is 2.10. The van der Waals surface area contributed by atoms with E-state index in [1.165, 1.54) is 0 Å². The van der Waals surface area contributed by atoms with Crippen molar-refractivity contribution in [2.24, 2.45) is 0 Å². The van der Waals surface area contributed by atoms with E-state index in [0.29, 0.717) is 26.2 Å². The van der Waals surface area contributed by atoms with Gasteiger partial charge in [0.05, 0.1) is 18.8 Å². The van der Waals surface area contributed by atoms with E-state index in [9.17, 15) is 5.11 Å². The largest absolute Gasteiger partial charge is 0.390 e. The molecule has 2 unspecified atom stereocenters. The molecule has 0 aromatic carbocycles. The zero-order valence-electron chi connectivity index (χ0n) is 10.9. The number of hydrogen-bond acceptors (Lipinski definition) is 5. The summed E-state index contributed by atoms with van der Waals surface area (Å²) in [5.41, 5.74) is 0.0151. The topological polar surface area (TPSA) is 68.5 Å². The smallest absolute Gasteiger partial charge is 0.156 e. The number of morpholine rings is 1. The van der Waals surface area contributed by atoms with Crippen molar-refractivity contribution in [3.8, 4) is 6.07 Å². The van der Waals surface area contributed by atoms with Crippen LogP contribution in [0.5, 0.6) is 0 Å². The van der Waals surface area contributed by atoms with Crippen LogP contribution in [0.2, 0.25) is 0 Å². The van der Waals surface area contributed by atoms with Crippen LogP contribution < -0.4 is 5.32 Å². The standard InChI is InChI=1S/C12H23N3O2/c1-12(2,3)14-7-10(16)8-15-4-5-17-11(6-13)9-15/h10-11,14,16H,4-5,7-9H2,1-3H3. The van der Waals surface area contributed by atoms with Gasteiger partial charge >= 0.3 is 0 Å². The van der Waals surface area contributed by atoms with Gasteiger partial charge < -0.3 is 15.2 Å². The summed E-state index contributed by atoms with van der Waals surface area (Å²) in [4.78, 5) is 2.08. The van der Waals surface area contributed by atoms with Gasteiger partial charge in [-0.2, -0.15) is 5.26 Å². The molecule has 0 aliphatic carbocycles. The van der Waals surface area contributed by atoms with Crippen LogP contribution in [0, 0.1) is 11.3 Å². The summed E-state index contributed by atoms with van der Waals surface area (Å²) in [5.74, 6) is 0. The minimum absolute atomic E-state index is 0.0151. The van der Waals surface area contributed by atoms with Crippen LogP contribution in [-0.4, -0.2) is 60.5 Å². The molecule has 0 aromatic heterocycles. The fourth-order valence-corrected chi connectivity index (χ4v) is 1.73. The maximum Gasteiger partial charge on any atom is 0.156 e. The number of nitrogens with zero attached hydrogens (tertiary/aromatic N) is 2. The van der Waals surface area contributed by atoms with Gasteiger partial charge in [0.15, 0.2) is 6.10 Å². The third kappa shape index (κ3) is 5.99. The fraction of sp³-hybridized carbons (Fsp3) is 0.917. The first kappa shape index (κ1) is 14.4. The average Bonchev–Trinajstić information content (AvgIpc) is 2.26. The molecule has 2 atom stereocenters. The summed E-state index contributed by atoms with van der Waals surface area (Å²) in [6.07, 6.45) is -0.766. The molecule has 0 spiro atoms. The number of aliphatic hydroxyl groups is 1. The van der Waals surface area contributed by atoms with Crippen LogP contribution in [0.3, 0.4) is 0 Å². The second-order valence-electron chi connectivity index (χ2n) is 5.53. The molecule has 1 saturated heterocycles. The Morgan fingerprint density at radius 2 is 2.29 bits per heavy atom. The minimum Gasteiger partial charge on any atom is -0.390 e. The lowest BCUT2D eigenvalue weighted by atomic mass is 10.1. The van der Waals surface area contributed by atoms with E-state index in [0.717, 1.165) is 6.54 Å². The van der Waals surface area contributed by atoms with E-state index < -0.39 is 6.10 Å². The van der Waals surface area contributed by atoms with Gasteiger partial charge in [-0.1, -0.05) is 0 Å². The first-order valence-electron chi connectivity index (χ1n) is 6.07. The number of ether oxygens (including phenoxy) is 1. The van der Waals surface area contributed by atoms with Gasteiger partial charge in [-0.15, -0.1) is 0 Å². The molecule has 1 fully saturated rings. The van der Waals surface area contributed by atoms with Gasteiger partial charge in [0, 0.05) is 31.7 Å². The highest BCUT2D eigenvalue weighted by Gasteiger charge is 2.22. The van der Waals surface area contributed by atoms with Crippen LogP contribution in [0.15, 0.2) is 0 Å². The van der Waals surface area contributed by atoms with Crippen LogP contribution in [0.4, 0.5) is 0 Å². The summed E-state index contributed by atoms with van der Waals surface area (Å²) in [7, 11) is 0. The van der Waals surface area contributed by atoms with Crippen LogP contribution in [-0.2, 0) is 4.74 Å². The van der Waals surface area contributed by atoms with Crippen molar-refractivity contribution in [1.29, 1.82) is 5.26 Å². The summed E-state index contributed by atoms with van der Waals surface area (Å²) in [6.45, 7) is 9.30. The number of rotatable bonds is 4. The van der Waals surface area contributed by atoms with Crippen molar-refractivity contribution < 1.29 is 9.84 Å². The van der Waals surface area contributed by atoms with Gasteiger partial charge in [-0.05, 0) is 20.8 Å². The van der Waals surface area contributed by atoms with Crippen LogP contribution >= 0.6 is 0 Å². The van der Waals surface area contributed by atoms with E-state index in [1.54, 1.807) is 0 Å². The highest BCUT2D eigenvalue weighted by atomic mass is 16.5. The lowest BCUT2D eigenvalue weighted by molar-refractivity contribution is -0.0159. The lowest BCUT2D eigenvalue weighted by Crippen LogP contribution is -2.49. The number of aliphatic hydroxyl groups excluding tert-OH is 1. The van der Waals surface area contributed by atoms with E-state index >= 15 is 0 Å². The first-order chi connectivity index (χ1) is 7.90. The van der Waals surface area contributed by atoms with Gasteiger partial charge in [0.25, 0.3) is 0 Å². The molecular formula is C12H23N3O2.